The molecule has 1 N–H and O–H groups in total. The summed E-state index contributed by atoms with van der Waals surface area (Å²) in [6.07, 6.45) is 1.37. The molecular weight excluding hydrogens is 516 g/mol. The van der Waals surface area contributed by atoms with Gasteiger partial charge < -0.3 is 9.47 Å². The normalized spacial score (nSPS) is 16.7. The minimum atomic E-state index is -3.62. The number of halogens is 1. The lowest BCUT2D eigenvalue weighted by Crippen LogP contribution is -2.35. The third-order valence-electron chi connectivity index (χ3n) is 4.88. The fourth-order valence-corrected chi connectivity index (χ4v) is 5.36. The Bertz CT molecular complexity index is 1450. The number of amides is 1. The fourth-order valence-electron chi connectivity index (χ4n) is 2.97. The van der Waals surface area contributed by atoms with E-state index in [1.807, 2.05) is 0 Å². The Morgan fingerprint density at radius 1 is 1.23 bits per heavy atom. The second-order valence-electron chi connectivity index (χ2n) is 7.10. The third kappa shape index (κ3) is 4.99. The second kappa shape index (κ2) is 9.64. The van der Waals surface area contributed by atoms with Crippen LogP contribution in [-0.4, -0.2) is 53.5 Å². The molecule has 0 saturated carbocycles. The number of hydrogen-bond donors (Lipinski definition) is 1. The number of nitrogens with one attached hydrogen (secondary N) is 1. The first-order valence-corrected chi connectivity index (χ1v) is 12.9. The van der Waals surface area contributed by atoms with Crippen molar-refractivity contribution < 1.29 is 27.5 Å². The standard InChI is InChI=1S/C22H17ClN4O6S2/c1-3-35(30,31)22-26-27-18(24)15(19(28)25-21(27)34-22)10-12-4-9-17(16(23)11-12)33-20(29)13-5-7-14(32-2)8-6-13/h4-11,24H,3H2,1-2H3/b15-10-,24-18?. The lowest BCUT2D eigenvalue weighted by molar-refractivity contribution is -0.114. The number of fused-ring (bicyclic) bond motifs is 1. The maximum Gasteiger partial charge on any atom is 0.343 e. The largest absolute Gasteiger partial charge is 0.497 e. The van der Waals surface area contributed by atoms with Gasteiger partial charge in [-0.2, -0.15) is 10.0 Å². The van der Waals surface area contributed by atoms with Crippen LogP contribution in [0.4, 0.5) is 0 Å². The van der Waals surface area contributed by atoms with E-state index in [0.29, 0.717) is 16.9 Å². The van der Waals surface area contributed by atoms with Crippen LogP contribution in [0.25, 0.3) is 6.08 Å². The molecule has 0 atom stereocenters. The molecule has 1 amide bonds. The van der Waals surface area contributed by atoms with E-state index in [4.69, 9.17) is 26.5 Å². The zero-order valence-corrected chi connectivity index (χ0v) is 20.7. The van der Waals surface area contributed by atoms with Gasteiger partial charge in [0.15, 0.2) is 5.84 Å². The molecule has 0 fully saturated rings. The highest BCUT2D eigenvalue weighted by molar-refractivity contribution is 8.42. The summed E-state index contributed by atoms with van der Waals surface area (Å²) < 4.78 is 34.4. The number of carbonyl (C=O) groups excluding carboxylic acids is 2. The molecule has 0 aliphatic carbocycles. The molecule has 180 valence electrons. The lowest BCUT2D eigenvalue weighted by Gasteiger charge is -2.20. The zero-order chi connectivity index (χ0) is 25.3. The number of methoxy groups -OCH3 is 1. The quantitative estimate of drug-likeness (QED) is 0.350. The minimum Gasteiger partial charge on any atom is -0.497 e. The van der Waals surface area contributed by atoms with Crippen molar-refractivity contribution >= 4 is 66.5 Å². The Balaban J connectivity index is 1.55. The Morgan fingerprint density at radius 3 is 2.57 bits per heavy atom. The number of thioether (sulfide) groups is 1. The first-order valence-electron chi connectivity index (χ1n) is 10.0. The number of ether oxygens (including phenoxy) is 2. The molecule has 2 heterocycles. The predicted molar refractivity (Wildman–Crippen MR) is 134 cm³/mol. The van der Waals surface area contributed by atoms with Gasteiger partial charge in [-0.3, -0.25) is 10.2 Å². The number of aliphatic imine (C=N–C) groups is 1. The molecular formula is C22H17ClN4O6S2. The highest BCUT2D eigenvalue weighted by atomic mass is 35.5. The van der Waals surface area contributed by atoms with Gasteiger partial charge in [0.2, 0.25) is 19.4 Å². The van der Waals surface area contributed by atoms with Crippen LogP contribution in [0.5, 0.6) is 11.5 Å². The van der Waals surface area contributed by atoms with Crippen molar-refractivity contribution in [3.63, 3.8) is 0 Å². The molecule has 0 spiro atoms. The predicted octanol–water partition coefficient (Wildman–Crippen LogP) is 3.58. The molecule has 0 radical (unpaired) electrons. The summed E-state index contributed by atoms with van der Waals surface area (Å²) in [6, 6.07) is 10.8. The van der Waals surface area contributed by atoms with Crippen LogP contribution in [0.15, 0.2) is 58.1 Å². The molecule has 0 aromatic heterocycles. The lowest BCUT2D eigenvalue weighted by atomic mass is 10.1. The van der Waals surface area contributed by atoms with Crippen molar-refractivity contribution in [2.24, 2.45) is 10.1 Å². The number of amidine groups is 2. The summed E-state index contributed by atoms with van der Waals surface area (Å²) in [5.74, 6) is -1.12. The first-order chi connectivity index (χ1) is 16.6. The van der Waals surface area contributed by atoms with Gasteiger partial charge in [0.25, 0.3) is 5.91 Å². The Labute approximate surface area is 209 Å². The number of rotatable bonds is 5. The summed E-state index contributed by atoms with van der Waals surface area (Å²) in [5.41, 5.74) is 0.631. The average Bonchev–Trinajstić information content (AvgIpc) is 3.28. The van der Waals surface area contributed by atoms with Crippen LogP contribution < -0.4 is 9.47 Å². The summed E-state index contributed by atoms with van der Waals surface area (Å²) in [5, 5.41) is 13.4. The molecule has 2 aromatic carbocycles. The Kier molecular flexibility index (Phi) is 6.79. The molecule has 10 nitrogen and oxygen atoms in total. The maximum atomic E-state index is 12.5. The van der Waals surface area contributed by atoms with Gasteiger partial charge in [-0.25, -0.2) is 13.2 Å². The fraction of sp³-hybridized carbons (Fsp3) is 0.136. The van der Waals surface area contributed by atoms with E-state index in [-0.39, 0.29) is 37.5 Å². The van der Waals surface area contributed by atoms with Gasteiger partial charge in [-0.1, -0.05) is 24.6 Å². The van der Waals surface area contributed by atoms with E-state index < -0.39 is 21.7 Å². The van der Waals surface area contributed by atoms with E-state index in [0.717, 1.165) is 16.8 Å². The summed E-state index contributed by atoms with van der Waals surface area (Å²) >= 11 is 7.00. The number of hydrogen-bond acceptors (Lipinski definition) is 9. The van der Waals surface area contributed by atoms with Gasteiger partial charge in [0.05, 0.1) is 29.0 Å². The molecule has 2 aromatic rings. The highest BCUT2D eigenvalue weighted by Gasteiger charge is 2.39. The van der Waals surface area contributed by atoms with Crippen molar-refractivity contribution in [3.8, 4) is 11.5 Å². The maximum absolute atomic E-state index is 12.5. The van der Waals surface area contributed by atoms with Crippen molar-refractivity contribution in [2.75, 3.05) is 12.9 Å². The number of carbonyl (C=O) groups is 2. The van der Waals surface area contributed by atoms with E-state index in [2.05, 4.69) is 10.1 Å². The van der Waals surface area contributed by atoms with Gasteiger partial charge in [-0.05, 0) is 59.8 Å². The van der Waals surface area contributed by atoms with Crippen LogP contribution >= 0.6 is 23.4 Å². The number of benzene rings is 2. The van der Waals surface area contributed by atoms with E-state index in [9.17, 15) is 18.0 Å². The van der Waals surface area contributed by atoms with Crippen molar-refractivity contribution in [3.05, 3.63) is 64.2 Å². The van der Waals surface area contributed by atoms with Gasteiger partial charge in [-0.15, -0.1) is 5.10 Å². The number of nitrogens with zero attached hydrogens (tertiary/aromatic N) is 3. The molecule has 2 aliphatic heterocycles. The monoisotopic (exact) mass is 532 g/mol. The third-order valence-corrected chi connectivity index (χ3v) is 8.26. The average molecular weight is 533 g/mol. The molecule has 0 bridgehead atoms. The molecule has 2 aliphatic rings. The van der Waals surface area contributed by atoms with E-state index in [1.54, 1.807) is 30.3 Å². The van der Waals surface area contributed by atoms with Crippen LogP contribution in [-0.2, 0) is 14.6 Å². The molecule has 0 unspecified atom stereocenters. The Morgan fingerprint density at radius 2 is 1.94 bits per heavy atom. The van der Waals surface area contributed by atoms with Crippen LogP contribution in [0, 0.1) is 5.41 Å². The number of hydrazone groups is 1. The Hall–Kier alpha value is -3.48. The van der Waals surface area contributed by atoms with Crippen LogP contribution in [0.2, 0.25) is 5.02 Å². The molecule has 4 rings (SSSR count). The number of sulfone groups is 1. The smallest absolute Gasteiger partial charge is 0.343 e. The minimum absolute atomic E-state index is 0.00278. The SMILES string of the molecule is CCS(=O)(=O)C1=NN2C(=N)/C(=C/c3ccc(OC(=O)c4ccc(OC)cc4)c(Cl)c3)C(=O)N=C2S1. The zero-order valence-electron chi connectivity index (χ0n) is 18.3. The first kappa shape index (κ1) is 24.6. The summed E-state index contributed by atoms with van der Waals surface area (Å²) in [7, 11) is -2.10. The molecule has 0 saturated heterocycles. The van der Waals surface area contributed by atoms with Crippen molar-refractivity contribution in [1.82, 2.24) is 5.01 Å². The van der Waals surface area contributed by atoms with Gasteiger partial charge >= 0.3 is 5.97 Å². The summed E-state index contributed by atoms with van der Waals surface area (Å²) in [6.45, 7) is 1.47. The topological polar surface area (TPSA) is 139 Å². The van der Waals surface area contributed by atoms with Gasteiger partial charge in [0, 0.05) is 0 Å². The summed E-state index contributed by atoms with van der Waals surface area (Å²) in [4.78, 5) is 28.8. The highest BCUT2D eigenvalue weighted by Crippen LogP contribution is 2.32. The van der Waals surface area contributed by atoms with Crippen molar-refractivity contribution in [1.29, 1.82) is 5.41 Å². The van der Waals surface area contributed by atoms with E-state index >= 15 is 0 Å². The van der Waals surface area contributed by atoms with Crippen molar-refractivity contribution in [2.45, 2.75) is 6.92 Å². The second-order valence-corrected chi connectivity index (χ2v) is 10.9. The van der Waals surface area contributed by atoms with Gasteiger partial charge in [0.1, 0.15) is 11.5 Å². The van der Waals surface area contributed by atoms with Crippen LogP contribution in [0.1, 0.15) is 22.8 Å². The molecule has 35 heavy (non-hydrogen) atoms. The van der Waals surface area contributed by atoms with Crippen LogP contribution in [0.3, 0.4) is 0 Å². The number of esters is 1. The molecule has 13 heteroatoms. The van der Waals surface area contributed by atoms with E-state index in [1.165, 1.54) is 32.2 Å².